The van der Waals surface area contributed by atoms with Crippen molar-refractivity contribution < 1.29 is 0 Å². The van der Waals surface area contributed by atoms with Gasteiger partial charge in [-0.2, -0.15) is 5.10 Å². The SMILES string of the molecule is CNc1nc(C(C)C)nc(NCCc2cnn(C)c2)c1C. The normalized spacial score (nSPS) is 11.0. The van der Waals surface area contributed by atoms with Gasteiger partial charge in [0.25, 0.3) is 0 Å². The minimum absolute atomic E-state index is 0.302. The lowest BCUT2D eigenvalue weighted by atomic mass is 10.2. The number of rotatable bonds is 6. The molecule has 0 saturated carbocycles. The van der Waals surface area contributed by atoms with Crippen LogP contribution in [0.15, 0.2) is 12.4 Å². The van der Waals surface area contributed by atoms with Crippen LogP contribution in [-0.4, -0.2) is 33.3 Å². The minimum atomic E-state index is 0.302. The molecule has 2 heterocycles. The van der Waals surface area contributed by atoms with Gasteiger partial charge in [0.15, 0.2) is 0 Å². The highest BCUT2D eigenvalue weighted by Crippen LogP contribution is 2.22. The van der Waals surface area contributed by atoms with Crippen molar-refractivity contribution in [3.63, 3.8) is 0 Å². The van der Waals surface area contributed by atoms with E-state index in [1.807, 2.05) is 38.1 Å². The van der Waals surface area contributed by atoms with E-state index in [4.69, 9.17) is 0 Å². The molecule has 6 nitrogen and oxygen atoms in total. The molecule has 0 atom stereocenters. The Hall–Kier alpha value is -2.11. The van der Waals surface area contributed by atoms with Crippen LogP contribution in [0.3, 0.4) is 0 Å². The molecule has 6 heteroatoms. The largest absolute Gasteiger partial charge is 0.373 e. The summed E-state index contributed by atoms with van der Waals surface area (Å²) >= 11 is 0. The van der Waals surface area contributed by atoms with Gasteiger partial charge in [0.2, 0.25) is 0 Å². The molecule has 0 unspecified atom stereocenters. The molecular weight excluding hydrogens is 264 g/mol. The molecule has 0 aliphatic heterocycles. The van der Waals surface area contributed by atoms with Gasteiger partial charge in [-0.05, 0) is 18.9 Å². The Kier molecular flexibility index (Phi) is 4.77. The van der Waals surface area contributed by atoms with Gasteiger partial charge >= 0.3 is 0 Å². The topological polar surface area (TPSA) is 67.7 Å². The average molecular weight is 288 g/mol. The van der Waals surface area contributed by atoms with Gasteiger partial charge in [-0.15, -0.1) is 0 Å². The van der Waals surface area contributed by atoms with Gasteiger partial charge in [-0.25, -0.2) is 9.97 Å². The summed E-state index contributed by atoms with van der Waals surface area (Å²) in [5.41, 5.74) is 2.27. The molecule has 0 radical (unpaired) electrons. The first-order valence-electron chi connectivity index (χ1n) is 7.29. The van der Waals surface area contributed by atoms with Crippen molar-refractivity contribution in [2.75, 3.05) is 24.2 Å². The molecule has 0 fully saturated rings. The third-order valence-electron chi connectivity index (χ3n) is 3.38. The van der Waals surface area contributed by atoms with Crippen LogP contribution in [0.1, 0.15) is 36.7 Å². The van der Waals surface area contributed by atoms with E-state index in [1.54, 1.807) is 0 Å². The van der Waals surface area contributed by atoms with Crippen LogP contribution in [-0.2, 0) is 13.5 Å². The van der Waals surface area contributed by atoms with Gasteiger partial charge in [0.1, 0.15) is 17.5 Å². The Morgan fingerprint density at radius 3 is 2.52 bits per heavy atom. The summed E-state index contributed by atoms with van der Waals surface area (Å²) in [5, 5.41) is 10.7. The molecule has 0 bridgehead atoms. The third-order valence-corrected chi connectivity index (χ3v) is 3.38. The second-order valence-corrected chi connectivity index (χ2v) is 5.51. The van der Waals surface area contributed by atoms with Gasteiger partial charge in [-0.1, -0.05) is 13.8 Å². The van der Waals surface area contributed by atoms with Crippen LogP contribution >= 0.6 is 0 Å². The number of aromatic nitrogens is 4. The van der Waals surface area contributed by atoms with E-state index < -0.39 is 0 Å². The molecule has 2 rings (SSSR count). The molecule has 0 aromatic carbocycles. The van der Waals surface area contributed by atoms with E-state index >= 15 is 0 Å². The highest BCUT2D eigenvalue weighted by molar-refractivity contribution is 5.57. The van der Waals surface area contributed by atoms with E-state index in [9.17, 15) is 0 Å². The van der Waals surface area contributed by atoms with E-state index in [1.165, 1.54) is 5.56 Å². The van der Waals surface area contributed by atoms with Crippen LogP contribution < -0.4 is 10.6 Å². The molecule has 0 amide bonds. The maximum Gasteiger partial charge on any atom is 0.135 e. The van der Waals surface area contributed by atoms with E-state index in [2.05, 4.69) is 39.5 Å². The fourth-order valence-electron chi connectivity index (χ4n) is 2.13. The monoisotopic (exact) mass is 288 g/mol. The van der Waals surface area contributed by atoms with Gasteiger partial charge in [0.05, 0.1) is 6.20 Å². The van der Waals surface area contributed by atoms with E-state index in [-0.39, 0.29) is 0 Å². The van der Waals surface area contributed by atoms with Crippen LogP contribution in [0.2, 0.25) is 0 Å². The molecule has 2 aromatic rings. The molecule has 2 N–H and O–H groups in total. The summed E-state index contributed by atoms with van der Waals surface area (Å²) in [7, 11) is 3.82. The number of anilines is 2. The lowest BCUT2D eigenvalue weighted by molar-refractivity contribution is 0.766. The third kappa shape index (κ3) is 3.71. The summed E-state index contributed by atoms with van der Waals surface area (Å²) in [4.78, 5) is 9.18. The minimum Gasteiger partial charge on any atom is -0.373 e. The fourth-order valence-corrected chi connectivity index (χ4v) is 2.13. The van der Waals surface area contributed by atoms with Gasteiger partial charge in [0, 0.05) is 38.3 Å². The molecule has 0 spiro atoms. The zero-order chi connectivity index (χ0) is 15.4. The maximum absolute atomic E-state index is 4.63. The Morgan fingerprint density at radius 2 is 1.95 bits per heavy atom. The van der Waals surface area contributed by atoms with Gasteiger partial charge in [-0.3, -0.25) is 4.68 Å². The van der Waals surface area contributed by atoms with Crippen molar-refractivity contribution in [2.45, 2.75) is 33.1 Å². The van der Waals surface area contributed by atoms with Crippen molar-refractivity contribution in [3.8, 4) is 0 Å². The highest BCUT2D eigenvalue weighted by Gasteiger charge is 2.12. The molecule has 2 aromatic heterocycles. The van der Waals surface area contributed by atoms with Crippen LogP contribution in [0.5, 0.6) is 0 Å². The lowest BCUT2D eigenvalue weighted by Crippen LogP contribution is -2.12. The summed E-state index contributed by atoms with van der Waals surface area (Å²) in [6.45, 7) is 7.06. The fraction of sp³-hybridized carbons (Fsp3) is 0.533. The predicted molar refractivity (Wildman–Crippen MR) is 85.8 cm³/mol. The highest BCUT2D eigenvalue weighted by atomic mass is 15.2. The number of nitrogens with zero attached hydrogens (tertiary/aromatic N) is 4. The van der Waals surface area contributed by atoms with Crippen LogP contribution in [0.4, 0.5) is 11.6 Å². The molecule has 0 aliphatic carbocycles. The Balaban J connectivity index is 2.09. The summed E-state index contributed by atoms with van der Waals surface area (Å²) in [5.74, 6) is 2.95. The smallest absolute Gasteiger partial charge is 0.135 e. The second kappa shape index (κ2) is 6.56. The van der Waals surface area contributed by atoms with Crippen molar-refractivity contribution >= 4 is 11.6 Å². The van der Waals surface area contributed by atoms with Crippen molar-refractivity contribution in [1.82, 2.24) is 19.7 Å². The molecular formula is C15H24N6. The van der Waals surface area contributed by atoms with Crippen LogP contribution in [0.25, 0.3) is 0 Å². The average Bonchev–Trinajstić information content (AvgIpc) is 2.86. The van der Waals surface area contributed by atoms with Gasteiger partial charge < -0.3 is 10.6 Å². The van der Waals surface area contributed by atoms with Crippen molar-refractivity contribution in [3.05, 3.63) is 29.3 Å². The lowest BCUT2D eigenvalue weighted by Gasteiger charge is -2.15. The maximum atomic E-state index is 4.63. The first kappa shape index (κ1) is 15.3. The van der Waals surface area contributed by atoms with E-state index in [0.717, 1.165) is 36.0 Å². The van der Waals surface area contributed by atoms with Crippen molar-refractivity contribution in [1.29, 1.82) is 0 Å². The second-order valence-electron chi connectivity index (χ2n) is 5.51. The number of nitrogens with one attached hydrogen (secondary N) is 2. The molecule has 0 aliphatic rings. The van der Waals surface area contributed by atoms with Crippen molar-refractivity contribution in [2.24, 2.45) is 7.05 Å². The number of hydrogen-bond donors (Lipinski definition) is 2. The summed E-state index contributed by atoms with van der Waals surface area (Å²) < 4.78 is 1.82. The van der Waals surface area contributed by atoms with Crippen LogP contribution in [0, 0.1) is 6.92 Å². The zero-order valence-corrected chi connectivity index (χ0v) is 13.4. The predicted octanol–water partition coefficient (Wildman–Crippen LogP) is 2.34. The first-order chi connectivity index (χ1) is 10.0. The quantitative estimate of drug-likeness (QED) is 0.854. The molecule has 0 saturated heterocycles. The number of aryl methyl sites for hydroxylation is 1. The first-order valence-corrected chi connectivity index (χ1v) is 7.29. The zero-order valence-electron chi connectivity index (χ0n) is 13.4. The number of hydrogen-bond acceptors (Lipinski definition) is 5. The molecule has 21 heavy (non-hydrogen) atoms. The van der Waals surface area contributed by atoms with E-state index in [0.29, 0.717) is 5.92 Å². The standard InChI is InChI=1S/C15H24N6/c1-10(2)13-19-14(16-4)11(3)15(20-13)17-7-6-12-8-18-21(5)9-12/h8-10H,6-7H2,1-5H3,(H2,16,17,19,20). The Labute approximate surface area is 126 Å². The molecule has 114 valence electrons. The summed E-state index contributed by atoms with van der Waals surface area (Å²) in [6, 6.07) is 0. The Morgan fingerprint density at radius 1 is 1.24 bits per heavy atom. The summed E-state index contributed by atoms with van der Waals surface area (Å²) in [6.07, 6.45) is 4.85. The Bertz CT molecular complexity index is 602.